The number of aryl methyl sites for hydroxylation is 1. The van der Waals surface area contributed by atoms with Gasteiger partial charge in [-0.15, -0.1) is 0 Å². The second-order valence-corrected chi connectivity index (χ2v) is 11.4. The smallest absolute Gasteiger partial charge is 0.0733 e. The molecule has 5 rings (SSSR count). The second-order valence-electron chi connectivity index (χ2n) is 11.4. The number of nitrogens with one attached hydrogen (secondary N) is 1. The summed E-state index contributed by atoms with van der Waals surface area (Å²) >= 11 is 0. The van der Waals surface area contributed by atoms with E-state index in [-0.39, 0.29) is 5.41 Å². The van der Waals surface area contributed by atoms with Crippen LogP contribution in [0.15, 0.2) is 48.5 Å². The number of benzene rings is 2. The first kappa shape index (κ1) is 21.5. The summed E-state index contributed by atoms with van der Waals surface area (Å²) in [5.74, 6) is 0. The van der Waals surface area contributed by atoms with Crippen LogP contribution >= 0.6 is 0 Å². The number of pyridine rings is 1. The number of aromatic nitrogens is 1. The van der Waals surface area contributed by atoms with Crippen LogP contribution < -0.4 is 10.2 Å². The summed E-state index contributed by atoms with van der Waals surface area (Å²) in [4.78, 5) is 7.80. The Balaban J connectivity index is 1.59. The molecule has 1 aromatic heterocycles. The van der Waals surface area contributed by atoms with Gasteiger partial charge in [0, 0.05) is 41.7 Å². The van der Waals surface area contributed by atoms with Crippen LogP contribution in [0.5, 0.6) is 0 Å². The van der Waals surface area contributed by atoms with E-state index in [4.69, 9.17) is 4.98 Å². The molecule has 3 heterocycles. The Morgan fingerprint density at radius 2 is 1.84 bits per heavy atom. The number of rotatable bonds is 3. The van der Waals surface area contributed by atoms with Crippen molar-refractivity contribution in [1.29, 1.82) is 0 Å². The van der Waals surface area contributed by atoms with Crippen LogP contribution in [-0.4, -0.2) is 31.2 Å². The van der Waals surface area contributed by atoms with Crippen molar-refractivity contribution < 1.29 is 0 Å². The van der Waals surface area contributed by atoms with Crippen LogP contribution in [-0.2, 0) is 6.42 Å². The summed E-state index contributed by atoms with van der Waals surface area (Å²) in [5.41, 5.74) is 8.13. The average molecular weight is 428 g/mol. The molecule has 3 nitrogen and oxygen atoms in total. The minimum absolute atomic E-state index is 0.264. The van der Waals surface area contributed by atoms with Crippen molar-refractivity contribution in [3.05, 3.63) is 59.7 Å². The molecule has 0 aliphatic carbocycles. The van der Waals surface area contributed by atoms with Crippen molar-refractivity contribution in [3.8, 4) is 11.3 Å². The number of fused-ring (bicyclic) bond motifs is 1. The first-order chi connectivity index (χ1) is 15.3. The van der Waals surface area contributed by atoms with Crippen LogP contribution in [0.1, 0.15) is 51.2 Å². The Morgan fingerprint density at radius 3 is 2.56 bits per heavy atom. The lowest BCUT2D eigenvalue weighted by molar-refractivity contribution is 0.239. The fourth-order valence-electron chi connectivity index (χ4n) is 5.63. The summed E-state index contributed by atoms with van der Waals surface area (Å²) < 4.78 is 0. The van der Waals surface area contributed by atoms with Crippen molar-refractivity contribution >= 4 is 16.6 Å². The number of anilines is 1. The van der Waals surface area contributed by atoms with Gasteiger partial charge in [0.05, 0.1) is 11.2 Å². The molecule has 2 saturated heterocycles. The molecule has 1 N–H and O–H groups in total. The minimum Gasteiger partial charge on any atom is -0.370 e. The standard InChI is InChI=1S/C29H37N3/c1-21-6-9-23(10-7-21)25-17-27(32-15-13-29(20-32)12-5-14-30-19-29)24-11-8-22(16-26(24)31-25)18-28(2,3)4/h6-11,16-17,30H,5,12-15,18-20H2,1-4H3. The molecule has 0 radical (unpaired) electrons. The molecule has 168 valence electrons. The number of hydrogen-bond donors (Lipinski definition) is 1. The summed E-state index contributed by atoms with van der Waals surface area (Å²) in [7, 11) is 0. The van der Waals surface area contributed by atoms with Crippen LogP contribution in [0, 0.1) is 17.8 Å². The van der Waals surface area contributed by atoms with E-state index in [0.29, 0.717) is 5.41 Å². The lowest BCUT2D eigenvalue weighted by Gasteiger charge is -2.34. The molecule has 2 fully saturated rings. The summed E-state index contributed by atoms with van der Waals surface area (Å²) in [6.45, 7) is 13.7. The molecule has 0 saturated carbocycles. The maximum absolute atomic E-state index is 5.16. The van der Waals surface area contributed by atoms with Gasteiger partial charge in [-0.2, -0.15) is 0 Å². The van der Waals surface area contributed by atoms with Gasteiger partial charge >= 0.3 is 0 Å². The Morgan fingerprint density at radius 1 is 1.03 bits per heavy atom. The summed E-state index contributed by atoms with van der Waals surface area (Å²) in [6.07, 6.45) is 4.99. The Hall–Kier alpha value is -2.39. The fourth-order valence-corrected chi connectivity index (χ4v) is 5.63. The number of piperidine rings is 1. The average Bonchev–Trinajstić information content (AvgIpc) is 3.15. The van der Waals surface area contributed by atoms with E-state index >= 15 is 0 Å². The molecular formula is C29H37N3. The zero-order valence-electron chi connectivity index (χ0n) is 20.2. The summed E-state index contributed by atoms with van der Waals surface area (Å²) in [6, 6.07) is 18.1. The van der Waals surface area contributed by atoms with E-state index in [1.165, 1.54) is 53.6 Å². The van der Waals surface area contributed by atoms with Crippen molar-refractivity contribution in [2.75, 3.05) is 31.1 Å². The van der Waals surface area contributed by atoms with E-state index in [0.717, 1.165) is 37.3 Å². The van der Waals surface area contributed by atoms with Crippen LogP contribution in [0.3, 0.4) is 0 Å². The topological polar surface area (TPSA) is 28.2 Å². The SMILES string of the molecule is Cc1ccc(-c2cc(N3CCC4(CCCNC4)C3)c3ccc(CC(C)(C)C)cc3n2)cc1. The molecule has 1 spiro atoms. The fraction of sp³-hybridized carbons (Fsp3) is 0.483. The second kappa shape index (κ2) is 8.19. The molecule has 2 aliphatic rings. The first-order valence-corrected chi connectivity index (χ1v) is 12.3. The van der Waals surface area contributed by atoms with Gasteiger partial charge in [0.15, 0.2) is 0 Å². The maximum Gasteiger partial charge on any atom is 0.0733 e. The third-order valence-corrected chi connectivity index (χ3v) is 7.27. The summed E-state index contributed by atoms with van der Waals surface area (Å²) in [5, 5.41) is 4.95. The quantitative estimate of drug-likeness (QED) is 0.526. The van der Waals surface area contributed by atoms with Crippen LogP contribution in [0.2, 0.25) is 0 Å². The normalized spacial score (nSPS) is 21.6. The molecule has 32 heavy (non-hydrogen) atoms. The van der Waals surface area contributed by atoms with E-state index in [1.54, 1.807) is 0 Å². The van der Waals surface area contributed by atoms with Gasteiger partial charge in [-0.1, -0.05) is 62.7 Å². The van der Waals surface area contributed by atoms with Crippen molar-refractivity contribution in [3.63, 3.8) is 0 Å². The van der Waals surface area contributed by atoms with E-state index < -0.39 is 0 Å². The zero-order chi connectivity index (χ0) is 22.3. The highest BCUT2D eigenvalue weighted by atomic mass is 15.2. The molecule has 2 aliphatic heterocycles. The first-order valence-electron chi connectivity index (χ1n) is 12.3. The van der Waals surface area contributed by atoms with Crippen molar-refractivity contribution in [2.45, 2.75) is 53.4 Å². The third-order valence-electron chi connectivity index (χ3n) is 7.27. The molecule has 1 atom stereocenters. The lowest BCUT2D eigenvalue weighted by Crippen LogP contribution is -2.41. The van der Waals surface area contributed by atoms with Crippen LogP contribution in [0.25, 0.3) is 22.2 Å². The molecule has 1 unspecified atom stereocenters. The lowest BCUT2D eigenvalue weighted by atomic mass is 9.80. The highest BCUT2D eigenvalue weighted by Crippen LogP contribution is 2.41. The monoisotopic (exact) mass is 427 g/mol. The van der Waals surface area contributed by atoms with Gasteiger partial charge in [-0.3, -0.25) is 0 Å². The molecule has 3 heteroatoms. The number of hydrogen-bond acceptors (Lipinski definition) is 3. The predicted molar refractivity (Wildman–Crippen MR) is 136 cm³/mol. The third kappa shape index (κ3) is 4.41. The molecule has 0 amide bonds. The van der Waals surface area contributed by atoms with E-state index in [1.807, 2.05) is 0 Å². The Kier molecular flexibility index (Phi) is 5.49. The van der Waals surface area contributed by atoms with Crippen LogP contribution in [0.4, 0.5) is 5.69 Å². The Labute approximate surface area is 193 Å². The molecule has 2 aromatic carbocycles. The predicted octanol–water partition coefficient (Wildman–Crippen LogP) is 6.38. The van der Waals surface area contributed by atoms with E-state index in [2.05, 4.69) is 86.4 Å². The van der Waals surface area contributed by atoms with E-state index in [9.17, 15) is 0 Å². The van der Waals surface area contributed by atoms with Gasteiger partial charge < -0.3 is 10.2 Å². The highest BCUT2D eigenvalue weighted by molar-refractivity contribution is 5.95. The number of nitrogens with zero attached hydrogens (tertiary/aromatic N) is 2. The molecule has 3 aromatic rings. The Bertz CT molecular complexity index is 1100. The van der Waals surface area contributed by atoms with Gasteiger partial charge in [0.2, 0.25) is 0 Å². The van der Waals surface area contributed by atoms with Gasteiger partial charge in [0.25, 0.3) is 0 Å². The van der Waals surface area contributed by atoms with Gasteiger partial charge in [0.1, 0.15) is 0 Å². The van der Waals surface area contributed by atoms with Crippen molar-refractivity contribution in [1.82, 2.24) is 10.3 Å². The van der Waals surface area contributed by atoms with Gasteiger partial charge in [-0.05, 0) is 62.3 Å². The largest absolute Gasteiger partial charge is 0.370 e. The molecular weight excluding hydrogens is 390 g/mol. The maximum atomic E-state index is 5.16. The van der Waals surface area contributed by atoms with Gasteiger partial charge in [-0.25, -0.2) is 4.98 Å². The zero-order valence-corrected chi connectivity index (χ0v) is 20.2. The molecule has 0 bridgehead atoms. The minimum atomic E-state index is 0.264. The van der Waals surface area contributed by atoms with Crippen molar-refractivity contribution in [2.24, 2.45) is 10.8 Å². The highest BCUT2D eigenvalue weighted by Gasteiger charge is 2.39.